The van der Waals surface area contributed by atoms with Gasteiger partial charge in [0.05, 0.1) is 6.02 Å². The van der Waals surface area contributed by atoms with E-state index in [9.17, 15) is 5.11 Å². The monoisotopic (exact) mass is 191 g/mol. The Hall–Kier alpha value is -1.51. The summed E-state index contributed by atoms with van der Waals surface area (Å²) in [6.45, 7) is 2.10. The van der Waals surface area contributed by atoms with Crippen molar-refractivity contribution in [2.24, 2.45) is 4.99 Å². The standard InChI is InChI=1S/C11H16N2O/c1-4-9-5-7-10(8-6-9)13(3)11(14)12-2/h5-8H,4H2,1-3H3,(H,12,14)/p-1. The van der Waals surface area contributed by atoms with Crippen LogP contribution in [0.5, 0.6) is 0 Å². The van der Waals surface area contributed by atoms with E-state index in [2.05, 4.69) is 11.9 Å². The number of benzene rings is 1. The van der Waals surface area contributed by atoms with Crippen LogP contribution in [0.3, 0.4) is 0 Å². The molecule has 0 aliphatic carbocycles. The molecule has 0 saturated heterocycles. The molecule has 0 radical (unpaired) electrons. The second-order valence-corrected chi connectivity index (χ2v) is 3.09. The van der Waals surface area contributed by atoms with E-state index in [0.29, 0.717) is 0 Å². The number of anilines is 1. The van der Waals surface area contributed by atoms with E-state index >= 15 is 0 Å². The molecule has 0 atom stereocenters. The van der Waals surface area contributed by atoms with E-state index in [0.717, 1.165) is 12.1 Å². The Labute approximate surface area is 84.7 Å². The van der Waals surface area contributed by atoms with Gasteiger partial charge < -0.3 is 10.0 Å². The predicted molar refractivity (Wildman–Crippen MR) is 57.6 cm³/mol. The van der Waals surface area contributed by atoms with E-state index in [-0.39, 0.29) is 6.02 Å². The Kier molecular flexibility index (Phi) is 3.51. The molecule has 0 saturated carbocycles. The Morgan fingerprint density at radius 1 is 1.36 bits per heavy atom. The zero-order chi connectivity index (χ0) is 10.6. The summed E-state index contributed by atoms with van der Waals surface area (Å²) in [5.74, 6) is 0. The van der Waals surface area contributed by atoms with Crippen LogP contribution in [-0.2, 0) is 6.42 Å². The predicted octanol–water partition coefficient (Wildman–Crippen LogP) is 1.03. The highest BCUT2D eigenvalue weighted by molar-refractivity contribution is 5.87. The zero-order valence-electron chi connectivity index (χ0n) is 8.82. The zero-order valence-corrected chi connectivity index (χ0v) is 8.82. The molecule has 76 valence electrons. The molecule has 0 fully saturated rings. The van der Waals surface area contributed by atoms with Gasteiger partial charge in [0.2, 0.25) is 0 Å². The highest BCUT2D eigenvalue weighted by atomic mass is 16.3. The first-order valence-electron chi connectivity index (χ1n) is 4.65. The topological polar surface area (TPSA) is 38.7 Å². The van der Waals surface area contributed by atoms with Gasteiger partial charge >= 0.3 is 0 Å². The minimum atomic E-state index is -0.228. The SMILES string of the molecule is CCc1ccc(N(C)C([O-])=NC)cc1. The Bertz CT molecular complexity index is 317. The van der Waals surface area contributed by atoms with Crippen molar-refractivity contribution >= 4 is 11.7 Å². The van der Waals surface area contributed by atoms with Crippen LogP contribution >= 0.6 is 0 Å². The van der Waals surface area contributed by atoms with Crippen LogP contribution in [0.25, 0.3) is 0 Å². The van der Waals surface area contributed by atoms with Crippen molar-refractivity contribution in [3.63, 3.8) is 0 Å². The molecular weight excluding hydrogens is 176 g/mol. The second-order valence-electron chi connectivity index (χ2n) is 3.09. The van der Waals surface area contributed by atoms with E-state index in [1.165, 1.54) is 17.5 Å². The maximum Gasteiger partial charge on any atom is 0.0538 e. The maximum atomic E-state index is 11.2. The molecule has 3 heteroatoms. The first-order chi connectivity index (χ1) is 6.69. The van der Waals surface area contributed by atoms with Crippen LogP contribution in [-0.4, -0.2) is 20.1 Å². The van der Waals surface area contributed by atoms with Gasteiger partial charge in [-0.05, 0) is 24.1 Å². The number of hydrogen-bond acceptors (Lipinski definition) is 2. The summed E-state index contributed by atoms with van der Waals surface area (Å²) in [6, 6.07) is 7.68. The van der Waals surface area contributed by atoms with Crippen molar-refractivity contribution in [3.05, 3.63) is 29.8 Å². The third-order valence-electron chi connectivity index (χ3n) is 2.21. The first-order valence-corrected chi connectivity index (χ1v) is 4.65. The number of nitrogens with zero attached hydrogens (tertiary/aromatic N) is 2. The number of amidine groups is 1. The van der Waals surface area contributed by atoms with Crippen LogP contribution in [0, 0.1) is 0 Å². The number of rotatable bonds is 2. The summed E-state index contributed by atoms with van der Waals surface area (Å²) in [4.78, 5) is 5.12. The highest BCUT2D eigenvalue weighted by Crippen LogP contribution is 2.13. The molecule has 0 aliphatic heterocycles. The van der Waals surface area contributed by atoms with E-state index in [1.54, 1.807) is 7.05 Å². The fraction of sp³-hybridized carbons (Fsp3) is 0.364. The molecule has 0 N–H and O–H groups in total. The Morgan fingerprint density at radius 2 is 1.93 bits per heavy atom. The van der Waals surface area contributed by atoms with Crippen LogP contribution in [0.15, 0.2) is 29.3 Å². The molecule has 3 nitrogen and oxygen atoms in total. The summed E-state index contributed by atoms with van der Waals surface area (Å²) in [5, 5.41) is 11.2. The lowest BCUT2D eigenvalue weighted by Crippen LogP contribution is -2.36. The van der Waals surface area contributed by atoms with Gasteiger partial charge in [0, 0.05) is 19.8 Å². The smallest absolute Gasteiger partial charge is 0.0538 e. The van der Waals surface area contributed by atoms with Gasteiger partial charge in [-0.25, -0.2) is 0 Å². The summed E-state index contributed by atoms with van der Waals surface area (Å²) in [6.07, 6.45) is 1.01. The number of aryl methyl sites for hydroxylation is 1. The summed E-state index contributed by atoms with van der Waals surface area (Å²) < 4.78 is 0. The molecule has 0 aliphatic rings. The fourth-order valence-electron chi connectivity index (χ4n) is 1.22. The minimum Gasteiger partial charge on any atom is -0.846 e. The van der Waals surface area contributed by atoms with E-state index in [4.69, 9.17) is 0 Å². The normalized spacial score (nSPS) is 11.5. The molecule has 1 rings (SSSR count). The largest absolute Gasteiger partial charge is 0.846 e. The summed E-state index contributed by atoms with van der Waals surface area (Å²) in [5.41, 5.74) is 2.14. The van der Waals surface area contributed by atoms with Gasteiger partial charge in [-0.1, -0.05) is 19.1 Å². The summed E-state index contributed by atoms with van der Waals surface area (Å²) in [7, 11) is 3.22. The molecule has 0 unspecified atom stereocenters. The van der Waals surface area contributed by atoms with Crippen molar-refractivity contribution in [2.45, 2.75) is 13.3 Å². The third-order valence-corrected chi connectivity index (χ3v) is 2.21. The average molecular weight is 191 g/mol. The van der Waals surface area contributed by atoms with E-state index < -0.39 is 0 Å². The van der Waals surface area contributed by atoms with Gasteiger partial charge in [0.25, 0.3) is 0 Å². The van der Waals surface area contributed by atoms with Crippen LogP contribution in [0.1, 0.15) is 12.5 Å². The first kappa shape index (κ1) is 10.6. The lowest BCUT2D eigenvalue weighted by molar-refractivity contribution is -0.217. The summed E-state index contributed by atoms with van der Waals surface area (Å²) >= 11 is 0. The molecule has 0 bridgehead atoms. The molecule has 14 heavy (non-hydrogen) atoms. The van der Waals surface area contributed by atoms with Gasteiger partial charge in [-0.15, -0.1) is 0 Å². The highest BCUT2D eigenvalue weighted by Gasteiger charge is 1.98. The average Bonchev–Trinajstić information content (AvgIpc) is 2.27. The van der Waals surface area contributed by atoms with Crippen LogP contribution < -0.4 is 10.0 Å². The fourth-order valence-corrected chi connectivity index (χ4v) is 1.22. The maximum absolute atomic E-state index is 11.2. The lowest BCUT2D eigenvalue weighted by Gasteiger charge is -2.24. The van der Waals surface area contributed by atoms with Crippen molar-refractivity contribution in [3.8, 4) is 0 Å². The molecular formula is C11H15N2O-. The van der Waals surface area contributed by atoms with Crippen molar-refractivity contribution in [1.82, 2.24) is 0 Å². The Balaban J connectivity index is 2.86. The van der Waals surface area contributed by atoms with Gasteiger partial charge in [0.15, 0.2) is 0 Å². The van der Waals surface area contributed by atoms with Gasteiger partial charge in [-0.3, -0.25) is 4.99 Å². The van der Waals surface area contributed by atoms with Gasteiger partial charge in [0.1, 0.15) is 0 Å². The Morgan fingerprint density at radius 3 is 2.36 bits per heavy atom. The second kappa shape index (κ2) is 4.65. The molecule has 0 amide bonds. The molecule has 0 heterocycles. The van der Waals surface area contributed by atoms with Crippen molar-refractivity contribution in [2.75, 3.05) is 19.0 Å². The quantitative estimate of drug-likeness (QED) is 0.517. The van der Waals surface area contributed by atoms with Crippen molar-refractivity contribution < 1.29 is 5.11 Å². The molecule has 0 aromatic heterocycles. The minimum absolute atomic E-state index is 0.228. The third kappa shape index (κ3) is 2.25. The number of aliphatic imine (C=N–C) groups is 1. The van der Waals surface area contributed by atoms with Crippen LogP contribution in [0.4, 0.5) is 5.69 Å². The van der Waals surface area contributed by atoms with E-state index in [1.807, 2.05) is 24.3 Å². The van der Waals surface area contributed by atoms with Gasteiger partial charge in [-0.2, -0.15) is 0 Å². The molecule has 1 aromatic rings. The number of hydrogen-bond donors (Lipinski definition) is 0. The van der Waals surface area contributed by atoms with Crippen molar-refractivity contribution in [1.29, 1.82) is 0 Å². The lowest BCUT2D eigenvalue weighted by atomic mass is 10.1. The molecule has 0 spiro atoms. The molecule has 1 aromatic carbocycles. The van der Waals surface area contributed by atoms with Crippen LogP contribution in [0.2, 0.25) is 0 Å².